The van der Waals surface area contributed by atoms with Gasteiger partial charge in [0.05, 0.1) is 10.5 Å². The van der Waals surface area contributed by atoms with Crippen LogP contribution in [0.1, 0.15) is 40.2 Å². The van der Waals surface area contributed by atoms with Gasteiger partial charge in [-0.15, -0.1) is 0 Å². The number of likely N-dealkylation sites (tertiary alicyclic amines) is 1. The monoisotopic (exact) mass is 440 g/mol. The van der Waals surface area contributed by atoms with Gasteiger partial charge in [0.1, 0.15) is 18.2 Å². The Balaban J connectivity index is 1.32. The number of nitrogens with zero attached hydrogens (tertiary/aromatic N) is 2. The lowest BCUT2D eigenvalue weighted by Crippen LogP contribution is -2.38. The highest BCUT2D eigenvalue weighted by Crippen LogP contribution is 2.36. The number of aromatic nitrogens is 1. The second-order valence-electron chi connectivity index (χ2n) is 8.37. The number of rotatable bonds is 2. The first-order valence-electron chi connectivity index (χ1n) is 10.4. The van der Waals surface area contributed by atoms with Crippen LogP contribution in [0.25, 0.3) is 10.9 Å². The van der Waals surface area contributed by atoms with E-state index in [2.05, 4.69) is 0 Å². The number of benzene rings is 2. The SMILES string of the molecule is Cn1cc(C2CCN(C(=O)c3ccc4c(c3)CC(=O)CO4)CC2)c2cc(Cl)c(F)cc21. The Hall–Kier alpha value is -2.86. The van der Waals surface area contributed by atoms with Gasteiger partial charge in [-0.3, -0.25) is 9.59 Å². The van der Waals surface area contributed by atoms with Crippen LogP contribution in [0.5, 0.6) is 5.75 Å². The molecule has 1 fully saturated rings. The third-order valence-electron chi connectivity index (χ3n) is 6.37. The highest BCUT2D eigenvalue weighted by molar-refractivity contribution is 6.31. The number of fused-ring (bicyclic) bond motifs is 2. The summed E-state index contributed by atoms with van der Waals surface area (Å²) in [5.41, 5.74) is 3.33. The predicted octanol–water partition coefficient (Wildman–Crippen LogP) is 4.49. The number of aryl methyl sites for hydroxylation is 1. The van der Waals surface area contributed by atoms with Gasteiger partial charge in [-0.25, -0.2) is 4.39 Å². The van der Waals surface area contributed by atoms with Crippen molar-refractivity contribution >= 4 is 34.2 Å². The minimum Gasteiger partial charge on any atom is -0.486 e. The molecule has 1 amide bonds. The summed E-state index contributed by atoms with van der Waals surface area (Å²) in [6.45, 7) is 1.38. The minimum absolute atomic E-state index is 0.0213. The van der Waals surface area contributed by atoms with Crippen LogP contribution < -0.4 is 4.74 Å². The van der Waals surface area contributed by atoms with Gasteiger partial charge >= 0.3 is 0 Å². The largest absolute Gasteiger partial charge is 0.486 e. The second kappa shape index (κ2) is 7.68. The van der Waals surface area contributed by atoms with Crippen LogP contribution in [0.4, 0.5) is 4.39 Å². The van der Waals surface area contributed by atoms with Crippen molar-refractivity contribution in [3.8, 4) is 5.75 Å². The molecule has 31 heavy (non-hydrogen) atoms. The zero-order valence-electron chi connectivity index (χ0n) is 17.2. The van der Waals surface area contributed by atoms with E-state index in [4.69, 9.17) is 16.3 Å². The molecule has 5 rings (SSSR count). The first-order valence-corrected chi connectivity index (χ1v) is 10.8. The predicted molar refractivity (Wildman–Crippen MR) is 116 cm³/mol. The zero-order valence-corrected chi connectivity index (χ0v) is 17.9. The summed E-state index contributed by atoms with van der Waals surface area (Å²) < 4.78 is 21.2. The lowest BCUT2D eigenvalue weighted by Gasteiger charge is -2.32. The summed E-state index contributed by atoms with van der Waals surface area (Å²) in [6.07, 6.45) is 4.00. The molecule has 1 aromatic heterocycles. The van der Waals surface area contributed by atoms with E-state index in [9.17, 15) is 14.0 Å². The molecule has 3 aromatic rings. The van der Waals surface area contributed by atoms with Crippen LogP contribution in [0, 0.1) is 5.82 Å². The number of halogens is 2. The maximum atomic E-state index is 13.9. The van der Waals surface area contributed by atoms with Crippen LogP contribution in [-0.2, 0) is 18.3 Å². The molecule has 2 aliphatic rings. The molecule has 1 saturated heterocycles. The Morgan fingerprint density at radius 2 is 1.97 bits per heavy atom. The van der Waals surface area contributed by atoms with Crippen molar-refractivity contribution < 1.29 is 18.7 Å². The Labute approximate surface area is 184 Å². The summed E-state index contributed by atoms with van der Waals surface area (Å²) in [5.74, 6) is 0.541. The second-order valence-corrected chi connectivity index (χ2v) is 8.78. The number of hydrogen-bond acceptors (Lipinski definition) is 3. The average Bonchev–Trinajstić information content (AvgIpc) is 3.08. The molecule has 2 aromatic carbocycles. The molecule has 2 aliphatic heterocycles. The topological polar surface area (TPSA) is 51.5 Å². The zero-order chi connectivity index (χ0) is 21.7. The van der Waals surface area contributed by atoms with Gasteiger partial charge in [-0.1, -0.05) is 11.6 Å². The number of ether oxygens (including phenoxy) is 1. The highest BCUT2D eigenvalue weighted by Gasteiger charge is 2.28. The van der Waals surface area contributed by atoms with E-state index < -0.39 is 5.82 Å². The van der Waals surface area contributed by atoms with Crippen molar-refractivity contribution in [3.05, 3.63) is 64.1 Å². The Kier molecular flexibility index (Phi) is 4.97. The van der Waals surface area contributed by atoms with Gasteiger partial charge < -0.3 is 14.2 Å². The van der Waals surface area contributed by atoms with Gasteiger partial charge in [0, 0.05) is 49.3 Å². The minimum atomic E-state index is -0.417. The smallest absolute Gasteiger partial charge is 0.253 e. The van der Waals surface area contributed by atoms with Crippen molar-refractivity contribution in [2.75, 3.05) is 19.7 Å². The molecule has 0 bridgehead atoms. The average molecular weight is 441 g/mol. The van der Waals surface area contributed by atoms with Gasteiger partial charge in [0.25, 0.3) is 5.91 Å². The third kappa shape index (κ3) is 3.59. The molecule has 7 heteroatoms. The maximum absolute atomic E-state index is 13.9. The van der Waals surface area contributed by atoms with Gasteiger partial charge in [0.15, 0.2) is 5.78 Å². The summed E-state index contributed by atoms with van der Waals surface area (Å²) >= 11 is 6.03. The molecule has 5 nitrogen and oxygen atoms in total. The van der Waals surface area contributed by atoms with Crippen LogP contribution in [-0.4, -0.2) is 40.9 Å². The fourth-order valence-corrected chi connectivity index (χ4v) is 4.89. The first-order chi connectivity index (χ1) is 14.9. The van der Waals surface area contributed by atoms with Crippen LogP contribution in [0.2, 0.25) is 5.02 Å². The lowest BCUT2D eigenvalue weighted by atomic mass is 9.89. The summed E-state index contributed by atoms with van der Waals surface area (Å²) in [5, 5.41) is 1.10. The van der Waals surface area contributed by atoms with Crippen LogP contribution in [0.15, 0.2) is 36.5 Å². The van der Waals surface area contributed by atoms with Crippen molar-refractivity contribution in [1.29, 1.82) is 0 Å². The van der Waals surface area contributed by atoms with E-state index >= 15 is 0 Å². The van der Waals surface area contributed by atoms with E-state index in [1.54, 1.807) is 24.3 Å². The quantitative estimate of drug-likeness (QED) is 0.589. The van der Waals surface area contributed by atoms with E-state index in [0.717, 1.165) is 34.9 Å². The lowest BCUT2D eigenvalue weighted by molar-refractivity contribution is -0.121. The summed E-state index contributed by atoms with van der Waals surface area (Å²) in [7, 11) is 1.91. The Morgan fingerprint density at radius 1 is 1.19 bits per heavy atom. The fourth-order valence-electron chi connectivity index (χ4n) is 4.72. The van der Waals surface area contributed by atoms with Crippen molar-refractivity contribution in [1.82, 2.24) is 9.47 Å². The number of amides is 1. The summed E-state index contributed by atoms with van der Waals surface area (Å²) in [4.78, 5) is 26.6. The molecular formula is C24H22ClFN2O3. The van der Waals surface area contributed by atoms with Crippen LogP contribution in [0.3, 0.4) is 0 Å². The number of piperidine rings is 1. The van der Waals surface area contributed by atoms with Crippen LogP contribution >= 0.6 is 11.6 Å². The molecule has 0 unspecified atom stereocenters. The van der Waals surface area contributed by atoms with Crippen molar-refractivity contribution in [2.45, 2.75) is 25.2 Å². The molecule has 3 heterocycles. The normalized spacial score (nSPS) is 17.0. The number of carbonyl (C=O) groups is 2. The van der Waals surface area contributed by atoms with Gasteiger partial charge in [-0.05, 0) is 54.7 Å². The number of carbonyl (C=O) groups excluding carboxylic acids is 2. The molecule has 0 N–H and O–H groups in total. The standard InChI is InChI=1S/C24H22ClFN2O3/c1-27-12-19(18-10-20(25)21(26)11-22(18)27)14-4-6-28(7-5-14)24(30)15-2-3-23-16(8-15)9-17(29)13-31-23/h2-3,8,10-12,14H,4-7,9,13H2,1H3. The molecule has 160 valence electrons. The highest BCUT2D eigenvalue weighted by atomic mass is 35.5. The molecule has 0 saturated carbocycles. The number of Topliss-reactive ketones (excluding diaryl/α,β-unsaturated/α-hetero) is 1. The summed E-state index contributed by atoms with van der Waals surface area (Å²) in [6, 6.07) is 8.51. The first kappa shape index (κ1) is 20.1. The molecular weight excluding hydrogens is 419 g/mol. The fraction of sp³-hybridized carbons (Fsp3) is 0.333. The number of ketones is 1. The molecule has 0 aliphatic carbocycles. The molecule has 0 radical (unpaired) electrons. The number of hydrogen-bond donors (Lipinski definition) is 0. The molecule has 0 atom stereocenters. The van der Waals surface area contributed by atoms with E-state index in [0.29, 0.717) is 30.8 Å². The van der Waals surface area contributed by atoms with Gasteiger partial charge in [0.2, 0.25) is 0 Å². The maximum Gasteiger partial charge on any atom is 0.253 e. The van der Waals surface area contributed by atoms with E-state index in [1.807, 2.05) is 22.7 Å². The van der Waals surface area contributed by atoms with Gasteiger partial charge in [-0.2, -0.15) is 0 Å². The Bertz CT molecular complexity index is 1210. The van der Waals surface area contributed by atoms with E-state index in [-0.39, 0.29) is 29.2 Å². The van der Waals surface area contributed by atoms with E-state index in [1.165, 1.54) is 6.07 Å². The third-order valence-corrected chi connectivity index (χ3v) is 6.66. The Morgan fingerprint density at radius 3 is 2.74 bits per heavy atom. The van der Waals surface area contributed by atoms with Crippen molar-refractivity contribution in [3.63, 3.8) is 0 Å². The van der Waals surface area contributed by atoms with Crippen molar-refractivity contribution in [2.24, 2.45) is 7.05 Å². The molecule has 0 spiro atoms.